The molecule has 0 unspecified atom stereocenters. The van der Waals surface area contributed by atoms with E-state index >= 15 is 0 Å². The van der Waals surface area contributed by atoms with Gasteiger partial charge in [-0.25, -0.2) is 14.3 Å². The monoisotopic (exact) mass is 581 g/mol. The van der Waals surface area contributed by atoms with Gasteiger partial charge in [0, 0.05) is 36.6 Å². The number of pyridine rings is 2. The lowest BCUT2D eigenvalue weighted by Crippen LogP contribution is -2.41. The number of nitrogens with zero attached hydrogens (tertiary/aromatic N) is 7. The van der Waals surface area contributed by atoms with Crippen LogP contribution in [0, 0.1) is 6.92 Å². The third kappa shape index (κ3) is 5.74. The van der Waals surface area contributed by atoms with Crippen molar-refractivity contribution in [3.63, 3.8) is 0 Å². The zero-order chi connectivity index (χ0) is 29.5. The summed E-state index contributed by atoms with van der Waals surface area (Å²) in [6.07, 6.45) is 6.57. The quantitative estimate of drug-likeness (QED) is 0.251. The zero-order valence-corrected chi connectivity index (χ0v) is 25.3. The van der Waals surface area contributed by atoms with Crippen molar-refractivity contribution in [1.82, 2.24) is 33.7 Å². The molecule has 218 valence electrons. The Labute approximate surface area is 243 Å². The van der Waals surface area contributed by atoms with Crippen molar-refractivity contribution >= 4 is 24.1 Å². The lowest BCUT2D eigenvalue weighted by atomic mass is 9.87. The molecule has 1 fully saturated rings. The topological polar surface area (TPSA) is 99.7 Å². The van der Waals surface area contributed by atoms with Gasteiger partial charge in [-0.15, -0.1) is 3.89 Å². The van der Waals surface area contributed by atoms with Gasteiger partial charge in [0.1, 0.15) is 17.6 Å². The van der Waals surface area contributed by atoms with E-state index in [-0.39, 0.29) is 30.3 Å². The van der Waals surface area contributed by atoms with E-state index in [2.05, 4.69) is 36.0 Å². The molecule has 0 aliphatic carbocycles. The van der Waals surface area contributed by atoms with Crippen molar-refractivity contribution < 1.29 is 18.2 Å². The van der Waals surface area contributed by atoms with E-state index in [1.54, 1.807) is 22.7 Å². The highest BCUT2D eigenvalue weighted by Gasteiger charge is 2.30. The molecule has 1 aliphatic heterocycles. The number of halogens is 1. The minimum atomic E-state index is -0.512. The van der Waals surface area contributed by atoms with E-state index in [9.17, 15) is 8.68 Å². The predicted molar refractivity (Wildman–Crippen MR) is 157 cm³/mol. The van der Waals surface area contributed by atoms with Crippen molar-refractivity contribution in [2.24, 2.45) is 0 Å². The number of aryl methyl sites for hydroxylation is 1. The molecule has 1 saturated heterocycles. The first-order chi connectivity index (χ1) is 19.5. The van der Waals surface area contributed by atoms with Crippen molar-refractivity contribution in [3.05, 3.63) is 47.5 Å². The SMILES string of the molecule is COc1cc(-c2c(C(C)C)c(-c3cc(C)c(C4CCN(C(=O)OC(C)(C)C)CC4)cn3)nn2SF)cn2ncnc12. The Morgan fingerprint density at radius 3 is 2.51 bits per heavy atom. The molecular formula is C29H36FN7O3S. The number of aromatic nitrogens is 6. The van der Waals surface area contributed by atoms with Gasteiger partial charge in [0.2, 0.25) is 0 Å². The maximum Gasteiger partial charge on any atom is 0.410 e. The van der Waals surface area contributed by atoms with Gasteiger partial charge in [-0.05, 0) is 75.6 Å². The highest BCUT2D eigenvalue weighted by molar-refractivity contribution is 7.92. The molecule has 4 aromatic rings. The number of amides is 1. The van der Waals surface area contributed by atoms with Crippen molar-refractivity contribution in [2.75, 3.05) is 20.2 Å². The van der Waals surface area contributed by atoms with Crippen LogP contribution < -0.4 is 4.74 Å². The van der Waals surface area contributed by atoms with Gasteiger partial charge in [-0.2, -0.15) is 14.3 Å². The number of methoxy groups -OCH3 is 1. The van der Waals surface area contributed by atoms with Gasteiger partial charge in [0.25, 0.3) is 0 Å². The van der Waals surface area contributed by atoms with Crippen LogP contribution in [-0.4, -0.2) is 65.6 Å². The summed E-state index contributed by atoms with van der Waals surface area (Å²) in [5.41, 5.74) is 5.83. The Hall–Kier alpha value is -3.67. The molecule has 1 aliphatic rings. The number of piperidine rings is 1. The van der Waals surface area contributed by atoms with Gasteiger partial charge >= 0.3 is 6.09 Å². The minimum Gasteiger partial charge on any atom is -0.493 e. The molecule has 0 aromatic carbocycles. The van der Waals surface area contributed by atoms with Gasteiger partial charge in [-0.3, -0.25) is 4.98 Å². The first kappa shape index (κ1) is 28.8. The van der Waals surface area contributed by atoms with Crippen LogP contribution in [0.5, 0.6) is 5.75 Å². The molecular weight excluding hydrogens is 545 g/mol. The number of likely N-dealkylation sites (tertiary alicyclic amines) is 1. The highest BCUT2D eigenvalue weighted by Crippen LogP contribution is 2.41. The maximum absolute atomic E-state index is 14.3. The van der Waals surface area contributed by atoms with E-state index < -0.39 is 5.60 Å². The van der Waals surface area contributed by atoms with Crippen LogP contribution in [0.3, 0.4) is 0 Å². The fourth-order valence-electron chi connectivity index (χ4n) is 5.46. The number of carbonyl (C=O) groups excluding carboxylic acids is 1. The summed E-state index contributed by atoms with van der Waals surface area (Å²) in [5, 5.41) is 8.92. The molecule has 41 heavy (non-hydrogen) atoms. The first-order valence-corrected chi connectivity index (χ1v) is 14.4. The lowest BCUT2D eigenvalue weighted by molar-refractivity contribution is 0.0204. The molecule has 1 amide bonds. The number of carbonyl (C=O) groups is 1. The third-order valence-electron chi connectivity index (χ3n) is 7.35. The van der Waals surface area contributed by atoms with Gasteiger partial charge in [0.15, 0.2) is 23.7 Å². The van der Waals surface area contributed by atoms with Crippen LogP contribution in [0.15, 0.2) is 30.9 Å². The van der Waals surface area contributed by atoms with E-state index in [0.717, 1.165) is 29.5 Å². The normalized spacial score (nSPS) is 14.7. The minimum absolute atomic E-state index is 0.0253. The second-order valence-electron chi connectivity index (χ2n) is 11.7. The number of hydrogen-bond acceptors (Lipinski definition) is 8. The summed E-state index contributed by atoms with van der Waals surface area (Å²) >= 11 is 0.0433. The van der Waals surface area contributed by atoms with Crippen LogP contribution in [-0.2, 0) is 4.74 Å². The zero-order valence-electron chi connectivity index (χ0n) is 24.5. The summed E-state index contributed by atoms with van der Waals surface area (Å²) in [7, 11) is 1.57. The second kappa shape index (κ2) is 11.3. The van der Waals surface area contributed by atoms with Gasteiger partial charge in [0.05, 0.1) is 18.5 Å². The number of hydrogen-bond donors (Lipinski definition) is 0. The van der Waals surface area contributed by atoms with Crippen LogP contribution in [0.25, 0.3) is 28.3 Å². The molecule has 4 aromatic heterocycles. The lowest BCUT2D eigenvalue weighted by Gasteiger charge is -2.34. The molecule has 0 atom stereocenters. The summed E-state index contributed by atoms with van der Waals surface area (Å²) in [4.78, 5) is 23.3. The molecule has 0 spiro atoms. The van der Waals surface area contributed by atoms with E-state index in [0.29, 0.717) is 47.1 Å². The molecule has 5 heterocycles. The summed E-state index contributed by atoms with van der Waals surface area (Å²) < 4.78 is 28.3. The van der Waals surface area contributed by atoms with E-state index in [1.165, 1.54) is 10.4 Å². The second-order valence-corrected chi connectivity index (χ2v) is 12.2. The smallest absolute Gasteiger partial charge is 0.410 e. The predicted octanol–water partition coefficient (Wildman–Crippen LogP) is 6.59. The fourth-order valence-corrected chi connectivity index (χ4v) is 5.85. The molecule has 5 rings (SSSR count). The van der Waals surface area contributed by atoms with Crippen LogP contribution in [0.2, 0.25) is 0 Å². The summed E-state index contributed by atoms with van der Waals surface area (Å²) in [6.45, 7) is 13.1. The fraction of sp³-hybridized carbons (Fsp3) is 0.483. The third-order valence-corrected chi connectivity index (χ3v) is 7.75. The van der Waals surface area contributed by atoms with Crippen LogP contribution >= 0.6 is 12.3 Å². The van der Waals surface area contributed by atoms with Crippen LogP contribution in [0.4, 0.5) is 8.68 Å². The number of ether oxygens (including phenoxy) is 2. The maximum atomic E-state index is 14.3. The van der Waals surface area contributed by atoms with E-state index in [1.807, 2.05) is 39.1 Å². The largest absolute Gasteiger partial charge is 0.493 e. The Kier molecular flexibility index (Phi) is 7.95. The average Bonchev–Trinajstić information content (AvgIpc) is 3.56. The Balaban J connectivity index is 1.46. The molecule has 12 heteroatoms. The molecule has 0 radical (unpaired) electrons. The Morgan fingerprint density at radius 1 is 1.17 bits per heavy atom. The number of fused-ring (bicyclic) bond motifs is 1. The standard InChI is InChI=1S/C29H36FN7O3S/c1-17(2)24-25(34-37(41-30)26(24)20-13-23(39-7)27-32-16-33-36(27)15-20)22-12-18(3)21(14-31-22)19-8-10-35(11-9-19)28(38)40-29(4,5)6/h12-17,19H,8-11H2,1-7H3. The molecule has 0 N–H and O–H groups in total. The van der Waals surface area contributed by atoms with Crippen molar-refractivity contribution in [2.45, 2.75) is 71.8 Å². The van der Waals surface area contributed by atoms with E-state index in [4.69, 9.17) is 14.5 Å². The van der Waals surface area contributed by atoms with Crippen LogP contribution in [0.1, 0.15) is 76.0 Å². The van der Waals surface area contributed by atoms with Gasteiger partial charge < -0.3 is 14.4 Å². The molecule has 10 nitrogen and oxygen atoms in total. The number of rotatable bonds is 6. The Bertz CT molecular complexity index is 1570. The average molecular weight is 582 g/mol. The Morgan fingerprint density at radius 2 is 1.90 bits per heavy atom. The first-order valence-electron chi connectivity index (χ1n) is 13.7. The van der Waals surface area contributed by atoms with Gasteiger partial charge in [-0.1, -0.05) is 13.8 Å². The molecule has 0 bridgehead atoms. The summed E-state index contributed by atoms with van der Waals surface area (Å²) in [6, 6.07) is 3.86. The molecule has 0 saturated carbocycles. The van der Waals surface area contributed by atoms with Crippen molar-refractivity contribution in [1.29, 1.82) is 0 Å². The van der Waals surface area contributed by atoms with Crippen molar-refractivity contribution in [3.8, 4) is 28.4 Å². The highest BCUT2D eigenvalue weighted by atomic mass is 32.2. The summed E-state index contributed by atoms with van der Waals surface area (Å²) in [5.74, 6) is 0.845.